The van der Waals surface area contributed by atoms with Crippen molar-refractivity contribution in [3.8, 4) is 0 Å². The van der Waals surface area contributed by atoms with Gasteiger partial charge < -0.3 is 9.64 Å². The Morgan fingerprint density at radius 2 is 2.31 bits per heavy atom. The monoisotopic (exact) mass is 203 g/mol. The van der Waals surface area contributed by atoms with Crippen LogP contribution in [0.2, 0.25) is 0 Å². The van der Waals surface area contributed by atoms with Gasteiger partial charge in [-0.3, -0.25) is 0 Å². The fraction of sp³-hybridized carbons (Fsp3) is 1.00. The molecule has 2 fully saturated rings. The molecule has 0 N–H and O–H groups in total. The van der Waals surface area contributed by atoms with Crippen molar-refractivity contribution < 1.29 is 4.74 Å². The Kier molecular flexibility index (Phi) is 3.47. The number of ether oxygens (including phenoxy) is 1. The minimum Gasteiger partial charge on any atom is -0.381 e. The summed E-state index contributed by atoms with van der Waals surface area (Å²) in [6.45, 7) is 5.44. The second-order valence-electron chi connectivity index (χ2n) is 4.23. The number of hydrogen-bond acceptors (Lipinski definition) is 2. The molecule has 2 saturated heterocycles. The molecular formula is C10H18ClNO. The van der Waals surface area contributed by atoms with Gasteiger partial charge in [-0.2, -0.15) is 0 Å². The Hall–Kier alpha value is 0.210. The fourth-order valence-corrected chi connectivity index (χ4v) is 2.61. The van der Waals surface area contributed by atoms with Crippen molar-refractivity contribution in [3.05, 3.63) is 0 Å². The number of rotatable bonds is 2. The quantitative estimate of drug-likeness (QED) is 0.634. The number of likely N-dealkylation sites (tertiary alicyclic amines) is 1. The Labute approximate surface area is 85.2 Å². The second kappa shape index (κ2) is 4.63. The highest BCUT2D eigenvalue weighted by molar-refractivity contribution is 6.20. The van der Waals surface area contributed by atoms with Crippen molar-refractivity contribution in [2.24, 2.45) is 5.92 Å². The molecule has 0 aromatic heterocycles. The molecule has 2 nitrogen and oxygen atoms in total. The third kappa shape index (κ3) is 2.83. The summed E-state index contributed by atoms with van der Waals surface area (Å²) in [6.07, 6.45) is 3.70. The van der Waals surface area contributed by atoms with Gasteiger partial charge in [-0.1, -0.05) is 0 Å². The van der Waals surface area contributed by atoms with E-state index in [-0.39, 0.29) is 0 Å². The van der Waals surface area contributed by atoms with E-state index in [2.05, 4.69) is 4.90 Å². The molecule has 2 aliphatic heterocycles. The molecule has 0 bridgehead atoms. The maximum Gasteiger partial charge on any atom is 0.0507 e. The van der Waals surface area contributed by atoms with Crippen LogP contribution in [0.1, 0.15) is 19.3 Å². The van der Waals surface area contributed by atoms with Gasteiger partial charge in [0, 0.05) is 25.1 Å². The van der Waals surface area contributed by atoms with E-state index in [9.17, 15) is 0 Å². The van der Waals surface area contributed by atoms with Gasteiger partial charge in [-0.05, 0) is 31.7 Å². The molecule has 2 rings (SSSR count). The van der Waals surface area contributed by atoms with Crippen molar-refractivity contribution in [2.75, 3.05) is 32.8 Å². The highest BCUT2D eigenvalue weighted by Gasteiger charge is 2.23. The molecule has 0 aromatic rings. The predicted molar refractivity (Wildman–Crippen MR) is 54.2 cm³/mol. The van der Waals surface area contributed by atoms with Crippen molar-refractivity contribution in [1.82, 2.24) is 4.90 Å². The van der Waals surface area contributed by atoms with Crippen LogP contribution < -0.4 is 0 Å². The van der Waals surface area contributed by atoms with E-state index >= 15 is 0 Å². The van der Waals surface area contributed by atoms with Gasteiger partial charge >= 0.3 is 0 Å². The molecule has 0 amide bonds. The molecule has 13 heavy (non-hydrogen) atoms. The normalized spacial score (nSPS) is 36.7. The molecule has 2 atom stereocenters. The van der Waals surface area contributed by atoms with Gasteiger partial charge in [0.25, 0.3) is 0 Å². The van der Waals surface area contributed by atoms with Gasteiger partial charge in [-0.25, -0.2) is 0 Å². The van der Waals surface area contributed by atoms with Crippen molar-refractivity contribution in [2.45, 2.75) is 24.6 Å². The molecule has 3 heteroatoms. The zero-order chi connectivity index (χ0) is 9.10. The first kappa shape index (κ1) is 9.75. The van der Waals surface area contributed by atoms with Crippen LogP contribution >= 0.6 is 11.6 Å². The number of hydrogen-bond donors (Lipinski definition) is 0. The minimum atomic E-state index is 0.385. The van der Waals surface area contributed by atoms with E-state index in [0.717, 1.165) is 25.7 Å². The van der Waals surface area contributed by atoms with E-state index in [4.69, 9.17) is 16.3 Å². The van der Waals surface area contributed by atoms with Crippen molar-refractivity contribution in [3.63, 3.8) is 0 Å². The summed E-state index contributed by atoms with van der Waals surface area (Å²) in [5, 5.41) is 0.385. The van der Waals surface area contributed by atoms with E-state index in [1.54, 1.807) is 0 Å². The molecule has 0 radical (unpaired) electrons. The predicted octanol–water partition coefficient (Wildman–Crippen LogP) is 1.73. The van der Waals surface area contributed by atoms with Gasteiger partial charge in [0.15, 0.2) is 0 Å². The summed E-state index contributed by atoms with van der Waals surface area (Å²) in [4.78, 5) is 2.50. The zero-order valence-corrected chi connectivity index (χ0v) is 8.80. The lowest BCUT2D eigenvalue weighted by atomic mass is 10.1. The molecule has 2 heterocycles. The molecular weight excluding hydrogens is 186 g/mol. The molecule has 0 aromatic carbocycles. The lowest BCUT2D eigenvalue weighted by Gasteiger charge is -2.31. The van der Waals surface area contributed by atoms with Gasteiger partial charge in [0.05, 0.1) is 6.61 Å². The Morgan fingerprint density at radius 3 is 3.00 bits per heavy atom. The molecule has 0 spiro atoms. The van der Waals surface area contributed by atoms with Crippen LogP contribution in [-0.4, -0.2) is 43.1 Å². The first-order chi connectivity index (χ1) is 6.34. The van der Waals surface area contributed by atoms with Crippen LogP contribution in [0.25, 0.3) is 0 Å². The van der Waals surface area contributed by atoms with Crippen LogP contribution in [0.15, 0.2) is 0 Å². The summed E-state index contributed by atoms with van der Waals surface area (Å²) in [6, 6.07) is 0. The lowest BCUT2D eigenvalue weighted by molar-refractivity contribution is 0.158. The lowest BCUT2D eigenvalue weighted by Crippen LogP contribution is -2.39. The number of nitrogens with zero attached hydrogens (tertiary/aromatic N) is 1. The first-order valence-corrected chi connectivity index (χ1v) is 5.72. The number of piperidine rings is 1. The first-order valence-electron chi connectivity index (χ1n) is 5.29. The largest absolute Gasteiger partial charge is 0.381 e. The zero-order valence-electron chi connectivity index (χ0n) is 8.04. The Balaban J connectivity index is 1.73. The van der Waals surface area contributed by atoms with Crippen LogP contribution in [-0.2, 0) is 4.74 Å². The maximum atomic E-state index is 6.12. The summed E-state index contributed by atoms with van der Waals surface area (Å²) >= 11 is 6.12. The van der Waals surface area contributed by atoms with E-state index in [1.807, 2.05) is 0 Å². The highest BCUT2D eigenvalue weighted by Crippen LogP contribution is 2.19. The van der Waals surface area contributed by atoms with Gasteiger partial charge in [0.2, 0.25) is 0 Å². The Morgan fingerprint density at radius 1 is 1.38 bits per heavy atom. The summed E-state index contributed by atoms with van der Waals surface area (Å²) in [5.74, 6) is 0.766. The minimum absolute atomic E-state index is 0.385. The summed E-state index contributed by atoms with van der Waals surface area (Å²) < 4.78 is 5.37. The van der Waals surface area contributed by atoms with Crippen molar-refractivity contribution in [1.29, 1.82) is 0 Å². The third-order valence-corrected chi connectivity index (χ3v) is 3.34. The highest BCUT2D eigenvalue weighted by atomic mass is 35.5. The van der Waals surface area contributed by atoms with E-state index in [1.165, 1.54) is 32.4 Å². The molecule has 0 saturated carbocycles. The summed E-state index contributed by atoms with van der Waals surface area (Å²) in [7, 11) is 0. The average Bonchev–Trinajstić information content (AvgIpc) is 2.57. The van der Waals surface area contributed by atoms with Gasteiger partial charge in [0.1, 0.15) is 0 Å². The number of halogens is 1. The summed E-state index contributed by atoms with van der Waals surface area (Å²) in [5.41, 5.74) is 0. The Bertz CT molecular complexity index is 159. The standard InChI is InChI=1S/C10H18ClNO/c11-10-2-1-4-12(7-10)6-9-3-5-13-8-9/h9-10H,1-8H2. The molecule has 2 unspecified atom stereocenters. The third-order valence-electron chi connectivity index (χ3n) is 2.99. The molecule has 76 valence electrons. The topological polar surface area (TPSA) is 12.5 Å². The van der Waals surface area contributed by atoms with Crippen LogP contribution in [0.3, 0.4) is 0 Å². The van der Waals surface area contributed by atoms with Crippen LogP contribution in [0.5, 0.6) is 0 Å². The van der Waals surface area contributed by atoms with Crippen LogP contribution in [0, 0.1) is 5.92 Å². The average molecular weight is 204 g/mol. The number of alkyl halides is 1. The SMILES string of the molecule is ClC1CCCN(CC2CCOC2)C1. The maximum absolute atomic E-state index is 6.12. The van der Waals surface area contributed by atoms with Gasteiger partial charge in [-0.15, -0.1) is 11.6 Å². The van der Waals surface area contributed by atoms with E-state index < -0.39 is 0 Å². The second-order valence-corrected chi connectivity index (χ2v) is 4.85. The van der Waals surface area contributed by atoms with Crippen LogP contribution in [0.4, 0.5) is 0 Å². The smallest absolute Gasteiger partial charge is 0.0507 e. The van der Waals surface area contributed by atoms with Crippen molar-refractivity contribution >= 4 is 11.6 Å². The van der Waals surface area contributed by atoms with E-state index in [0.29, 0.717) is 5.38 Å². The molecule has 0 aliphatic carbocycles. The fourth-order valence-electron chi connectivity index (χ4n) is 2.26. The molecule has 2 aliphatic rings.